The van der Waals surface area contributed by atoms with Gasteiger partial charge in [-0.25, -0.2) is 8.78 Å². The molecule has 0 aliphatic heterocycles. The number of nitrogens with two attached hydrogens (primary N) is 2. The molecule has 1 unspecified atom stereocenters. The Morgan fingerprint density at radius 1 is 1.58 bits per heavy atom. The van der Waals surface area contributed by atoms with E-state index in [9.17, 15) is 13.6 Å². The van der Waals surface area contributed by atoms with Gasteiger partial charge in [0.25, 0.3) is 12.9 Å². The normalized spacial score (nSPS) is 15.8. The molecule has 0 aliphatic carbocycles. The molecule has 0 fully saturated rings. The minimum Gasteiger partial charge on any atom is -0.440 e. The van der Waals surface area contributed by atoms with Crippen molar-refractivity contribution >= 4 is 6.47 Å². The number of hydrogen-bond donors (Lipinski definition) is 2. The van der Waals surface area contributed by atoms with Gasteiger partial charge in [0.15, 0.2) is 0 Å². The molecule has 0 bridgehead atoms. The number of ether oxygens (including phenoxy) is 1. The maximum atomic E-state index is 12.1. The molecule has 1 atom stereocenters. The lowest BCUT2D eigenvalue weighted by Crippen LogP contribution is -2.49. The molecule has 0 spiro atoms. The lowest BCUT2D eigenvalue weighted by atomic mass is 10.1. The molecule has 4 N–H and O–H groups in total. The molecule has 0 saturated heterocycles. The van der Waals surface area contributed by atoms with E-state index in [1.165, 1.54) is 0 Å². The van der Waals surface area contributed by atoms with Gasteiger partial charge < -0.3 is 10.5 Å². The summed E-state index contributed by atoms with van der Waals surface area (Å²) in [6.45, 7) is 0.149. The van der Waals surface area contributed by atoms with Crippen LogP contribution < -0.4 is 11.5 Å². The summed E-state index contributed by atoms with van der Waals surface area (Å²) >= 11 is 0. The third kappa shape index (κ3) is 3.10. The molecular weight excluding hydrogens is 170 g/mol. The van der Waals surface area contributed by atoms with Gasteiger partial charge >= 0.3 is 0 Å². The van der Waals surface area contributed by atoms with Crippen molar-refractivity contribution in [3.05, 3.63) is 0 Å². The average Bonchev–Trinajstić information content (AvgIpc) is 2.01. The van der Waals surface area contributed by atoms with E-state index < -0.39 is 12.2 Å². The molecule has 0 aliphatic rings. The Morgan fingerprint density at radius 2 is 2.17 bits per heavy atom. The second-order valence-corrected chi connectivity index (χ2v) is 2.36. The van der Waals surface area contributed by atoms with Gasteiger partial charge in [-0.1, -0.05) is 0 Å². The smallest absolute Gasteiger partial charge is 0.295 e. The highest BCUT2D eigenvalue weighted by Crippen LogP contribution is 2.19. The van der Waals surface area contributed by atoms with Crippen molar-refractivity contribution in [3.63, 3.8) is 0 Å². The standard InChI is InChI=1S/C6H12F2N2O2/c7-5(8)6(10,12-4-11)2-1-3-9/h4-5H,1-3,9-10H2. The summed E-state index contributed by atoms with van der Waals surface area (Å²) in [6.07, 6.45) is -2.75. The monoisotopic (exact) mass is 182 g/mol. The fraction of sp³-hybridized carbons (Fsp3) is 0.833. The Labute approximate surface area is 68.8 Å². The maximum Gasteiger partial charge on any atom is 0.295 e. The van der Waals surface area contributed by atoms with Crippen LogP contribution in [0.1, 0.15) is 12.8 Å². The Morgan fingerprint density at radius 3 is 2.50 bits per heavy atom. The van der Waals surface area contributed by atoms with Crippen molar-refractivity contribution in [2.24, 2.45) is 11.5 Å². The van der Waals surface area contributed by atoms with E-state index in [0.717, 1.165) is 0 Å². The van der Waals surface area contributed by atoms with Crippen LogP contribution in [0.2, 0.25) is 0 Å². The minimum absolute atomic E-state index is 0.0807. The van der Waals surface area contributed by atoms with Gasteiger partial charge in [-0.2, -0.15) is 0 Å². The quantitative estimate of drug-likeness (QED) is 0.441. The van der Waals surface area contributed by atoms with Crippen LogP contribution in [-0.2, 0) is 9.53 Å². The molecule has 0 aromatic rings. The number of halogens is 2. The first kappa shape index (κ1) is 11.2. The van der Waals surface area contributed by atoms with Gasteiger partial charge in [-0.3, -0.25) is 10.5 Å². The molecule has 0 aromatic carbocycles. The number of carbonyl (C=O) groups excluding carboxylic acids is 1. The predicted octanol–water partition coefficient (Wildman–Crippen LogP) is -0.182. The largest absolute Gasteiger partial charge is 0.440 e. The molecular formula is C6H12F2N2O2. The maximum absolute atomic E-state index is 12.1. The van der Waals surface area contributed by atoms with Gasteiger partial charge in [-0.15, -0.1) is 0 Å². The second-order valence-electron chi connectivity index (χ2n) is 2.36. The minimum atomic E-state index is -2.89. The fourth-order valence-corrected chi connectivity index (χ4v) is 0.687. The zero-order chi connectivity index (χ0) is 9.61. The topological polar surface area (TPSA) is 78.3 Å². The van der Waals surface area contributed by atoms with Gasteiger partial charge in [0.2, 0.25) is 5.72 Å². The predicted molar refractivity (Wildman–Crippen MR) is 38.4 cm³/mol. The van der Waals surface area contributed by atoms with Crippen LogP contribution in [0.5, 0.6) is 0 Å². The first-order chi connectivity index (χ1) is 5.56. The molecule has 0 rings (SSSR count). The second kappa shape index (κ2) is 5.00. The molecule has 0 saturated carbocycles. The van der Waals surface area contributed by atoms with Gasteiger partial charge in [0.05, 0.1) is 0 Å². The first-order valence-electron chi connectivity index (χ1n) is 3.45. The zero-order valence-electron chi connectivity index (χ0n) is 6.50. The molecule has 0 amide bonds. The summed E-state index contributed by atoms with van der Waals surface area (Å²) < 4.78 is 28.4. The van der Waals surface area contributed by atoms with Crippen LogP contribution in [0.3, 0.4) is 0 Å². The van der Waals surface area contributed by atoms with E-state index in [1.807, 2.05) is 0 Å². The van der Waals surface area contributed by atoms with Crippen LogP contribution in [0.4, 0.5) is 8.78 Å². The Balaban J connectivity index is 4.07. The number of hydrogen-bond acceptors (Lipinski definition) is 4. The molecule has 4 nitrogen and oxygen atoms in total. The molecule has 0 heterocycles. The lowest BCUT2D eigenvalue weighted by Gasteiger charge is -2.25. The summed E-state index contributed by atoms with van der Waals surface area (Å²) in [5.41, 5.74) is 7.99. The van der Waals surface area contributed by atoms with E-state index >= 15 is 0 Å². The van der Waals surface area contributed by atoms with Gasteiger partial charge in [0.1, 0.15) is 0 Å². The number of carbonyl (C=O) groups is 1. The van der Waals surface area contributed by atoms with Crippen molar-refractivity contribution in [1.82, 2.24) is 0 Å². The number of rotatable bonds is 6. The Hall–Kier alpha value is -0.750. The Kier molecular flexibility index (Phi) is 4.68. The summed E-state index contributed by atoms with van der Waals surface area (Å²) in [6, 6.07) is 0. The third-order valence-electron chi connectivity index (χ3n) is 1.41. The summed E-state index contributed by atoms with van der Waals surface area (Å²) in [4.78, 5) is 9.82. The van der Waals surface area contributed by atoms with E-state index in [1.54, 1.807) is 0 Å². The highest BCUT2D eigenvalue weighted by atomic mass is 19.3. The molecule has 0 radical (unpaired) electrons. The molecule has 0 aromatic heterocycles. The van der Waals surface area contributed by atoms with Crippen molar-refractivity contribution in [2.75, 3.05) is 6.54 Å². The van der Waals surface area contributed by atoms with E-state index in [0.29, 0.717) is 0 Å². The molecule has 12 heavy (non-hydrogen) atoms. The SMILES string of the molecule is NCCCC(N)(OC=O)C(F)F. The van der Waals surface area contributed by atoms with Crippen LogP contribution in [0.15, 0.2) is 0 Å². The summed E-state index contributed by atoms with van der Waals surface area (Å²) in [5, 5.41) is 0. The first-order valence-corrected chi connectivity index (χ1v) is 3.45. The van der Waals surface area contributed by atoms with Crippen molar-refractivity contribution in [3.8, 4) is 0 Å². The summed E-state index contributed by atoms with van der Waals surface area (Å²) in [5.74, 6) is 0. The number of alkyl halides is 2. The van der Waals surface area contributed by atoms with Crippen LogP contribution in [0, 0.1) is 0 Å². The highest BCUT2D eigenvalue weighted by molar-refractivity contribution is 5.38. The van der Waals surface area contributed by atoms with Crippen LogP contribution in [-0.4, -0.2) is 25.2 Å². The lowest BCUT2D eigenvalue weighted by molar-refractivity contribution is -0.164. The third-order valence-corrected chi connectivity index (χ3v) is 1.41. The van der Waals surface area contributed by atoms with E-state index in [4.69, 9.17) is 11.5 Å². The molecule has 72 valence electrons. The van der Waals surface area contributed by atoms with Gasteiger partial charge in [-0.05, 0) is 13.0 Å². The molecule has 6 heteroatoms. The average molecular weight is 182 g/mol. The summed E-state index contributed by atoms with van der Waals surface area (Å²) in [7, 11) is 0. The van der Waals surface area contributed by atoms with E-state index in [2.05, 4.69) is 4.74 Å². The zero-order valence-corrected chi connectivity index (χ0v) is 6.50. The van der Waals surface area contributed by atoms with Crippen molar-refractivity contribution in [1.29, 1.82) is 0 Å². The van der Waals surface area contributed by atoms with E-state index in [-0.39, 0.29) is 25.9 Å². The van der Waals surface area contributed by atoms with Crippen molar-refractivity contribution in [2.45, 2.75) is 25.0 Å². The van der Waals surface area contributed by atoms with Crippen LogP contribution >= 0.6 is 0 Å². The van der Waals surface area contributed by atoms with Gasteiger partial charge in [0, 0.05) is 6.42 Å². The van der Waals surface area contributed by atoms with Crippen LogP contribution in [0.25, 0.3) is 0 Å². The van der Waals surface area contributed by atoms with Crippen molar-refractivity contribution < 1.29 is 18.3 Å². The Bertz CT molecular complexity index is 146. The highest BCUT2D eigenvalue weighted by Gasteiger charge is 2.37. The fourth-order valence-electron chi connectivity index (χ4n) is 0.687.